The van der Waals surface area contributed by atoms with E-state index in [9.17, 15) is 29.4 Å². The summed E-state index contributed by atoms with van der Waals surface area (Å²) < 4.78 is 5.58. The Hall–Kier alpha value is -3.11. The number of rotatable bonds is 3. The molecule has 222 valence electrons. The molecule has 1 aliphatic rings. The lowest BCUT2D eigenvalue weighted by molar-refractivity contribution is -0.156. The van der Waals surface area contributed by atoms with Gasteiger partial charge < -0.3 is 30.5 Å². The summed E-state index contributed by atoms with van der Waals surface area (Å²) in [5, 5.41) is 25.5. The van der Waals surface area contributed by atoms with Crippen molar-refractivity contribution in [3.05, 3.63) is 40.4 Å². The van der Waals surface area contributed by atoms with E-state index in [1.807, 2.05) is 19.9 Å². The highest BCUT2D eigenvalue weighted by Crippen LogP contribution is 2.25. The van der Waals surface area contributed by atoms with Gasteiger partial charge in [-0.05, 0) is 64.2 Å². The first-order valence-corrected chi connectivity index (χ1v) is 13.9. The van der Waals surface area contributed by atoms with E-state index in [0.29, 0.717) is 18.4 Å². The number of allylic oxidation sites excluding steroid dienone is 2. The van der Waals surface area contributed by atoms with Crippen molar-refractivity contribution in [2.75, 3.05) is 7.05 Å². The van der Waals surface area contributed by atoms with Gasteiger partial charge in [-0.25, -0.2) is 4.79 Å². The second-order valence-electron chi connectivity index (χ2n) is 11.0. The van der Waals surface area contributed by atoms with Crippen LogP contribution in [0.3, 0.4) is 0 Å². The molecule has 1 heterocycles. The number of carbonyl (C=O) groups is 4. The molecule has 0 fully saturated rings. The van der Waals surface area contributed by atoms with Gasteiger partial charge in [0.05, 0.1) is 17.2 Å². The molecule has 1 aliphatic heterocycles. The molecule has 1 aromatic rings. The van der Waals surface area contributed by atoms with Gasteiger partial charge in [-0.15, -0.1) is 0 Å². The molecule has 0 spiro atoms. The smallest absolute Gasteiger partial charge is 0.331 e. The zero-order valence-electron chi connectivity index (χ0n) is 24.2. The van der Waals surface area contributed by atoms with E-state index in [1.54, 1.807) is 19.9 Å². The normalized spacial score (nSPS) is 28.9. The van der Waals surface area contributed by atoms with E-state index in [2.05, 4.69) is 10.6 Å². The molecule has 0 aromatic heterocycles. The maximum atomic E-state index is 13.6. The van der Waals surface area contributed by atoms with Crippen LogP contribution in [0.4, 0.5) is 0 Å². The molecular formula is C29H42ClN3O7. The highest BCUT2D eigenvalue weighted by molar-refractivity contribution is 6.32. The number of hydrogen-bond acceptors (Lipinski definition) is 7. The number of phenolic OH excluding ortho intramolecular Hbond substituents is 1. The standard InChI is InChI=1S/C29H42ClN3O7/c1-15-10-16(2)12-18(4)40-29(39)25(20(6)34)32-27(37)23(14-21-8-9-24(35)22(30)13-21)33(7)28(38)19(5)31-26(36)17(3)11-15/h8-10,13,16-20,23,25,34-35H,11-12,14H2,1-7H3,(H,31,36)(H,32,37)/t16-,17-,18-,19-,20+,23+,25?/m0/s1. The molecule has 0 saturated carbocycles. The Bertz CT molecular complexity index is 1120. The van der Waals surface area contributed by atoms with Crippen LogP contribution in [-0.2, 0) is 30.3 Å². The summed E-state index contributed by atoms with van der Waals surface area (Å²) in [6, 6.07) is 0.926. The Morgan fingerprint density at radius 1 is 1.10 bits per heavy atom. The lowest BCUT2D eigenvalue weighted by Gasteiger charge is -2.32. The minimum atomic E-state index is -1.38. The molecule has 11 heteroatoms. The number of nitrogens with one attached hydrogen (secondary N) is 2. The fourth-order valence-electron chi connectivity index (χ4n) is 4.85. The van der Waals surface area contributed by atoms with Crippen LogP contribution in [0.5, 0.6) is 5.75 Å². The predicted molar refractivity (Wildman–Crippen MR) is 151 cm³/mol. The van der Waals surface area contributed by atoms with Gasteiger partial charge in [-0.1, -0.05) is 43.2 Å². The fourth-order valence-corrected chi connectivity index (χ4v) is 5.05. The SMILES string of the molecule is CC1=C[C@H](C)C[C@H](C)OC(=O)C([C@@H](C)O)NC(=O)[C@@H](Cc2ccc(O)c(Cl)c2)N(C)C(=O)[C@H](C)NC(=O)[C@@H](C)C1. The van der Waals surface area contributed by atoms with Crippen molar-refractivity contribution in [2.24, 2.45) is 11.8 Å². The number of aliphatic hydroxyl groups is 1. The van der Waals surface area contributed by atoms with Gasteiger partial charge in [0.2, 0.25) is 17.7 Å². The van der Waals surface area contributed by atoms with E-state index in [-0.39, 0.29) is 29.0 Å². The van der Waals surface area contributed by atoms with Gasteiger partial charge in [0.25, 0.3) is 0 Å². The van der Waals surface area contributed by atoms with Gasteiger partial charge in [-0.3, -0.25) is 14.4 Å². The highest BCUT2D eigenvalue weighted by atomic mass is 35.5. The third kappa shape index (κ3) is 9.23. The number of halogens is 1. The van der Waals surface area contributed by atoms with Crippen LogP contribution in [0.15, 0.2) is 29.8 Å². The lowest BCUT2D eigenvalue weighted by Crippen LogP contribution is -2.58. The summed E-state index contributed by atoms with van der Waals surface area (Å²) in [4.78, 5) is 54.1. The molecule has 0 bridgehead atoms. The average molecular weight is 580 g/mol. The van der Waals surface area contributed by atoms with Crippen molar-refractivity contribution >= 4 is 35.3 Å². The molecule has 10 nitrogen and oxygen atoms in total. The molecule has 7 atom stereocenters. The quantitative estimate of drug-likeness (QED) is 0.318. The number of hydrogen-bond donors (Lipinski definition) is 4. The molecule has 4 N–H and O–H groups in total. The van der Waals surface area contributed by atoms with Crippen molar-refractivity contribution in [1.29, 1.82) is 0 Å². The molecule has 1 unspecified atom stereocenters. The minimum absolute atomic E-state index is 0.0232. The molecule has 0 aliphatic carbocycles. The Kier molecular flexibility index (Phi) is 12.0. The van der Waals surface area contributed by atoms with Gasteiger partial charge >= 0.3 is 5.97 Å². The monoisotopic (exact) mass is 579 g/mol. The van der Waals surface area contributed by atoms with Crippen LogP contribution in [0, 0.1) is 11.8 Å². The van der Waals surface area contributed by atoms with E-state index in [4.69, 9.17) is 16.3 Å². The molecule has 1 aromatic carbocycles. The Labute approximate surface area is 241 Å². The number of benzene rings is 1. The number of likely N-dealkylation sites (N-methyl/N-ethyl adjacent to an activating group) is 1. The maximum absolute atomic E-state index is 13.6. The summed E-state index contributed by atoms with van der Waals surface area (Å²) >= 11 is 6.06. The number of cyclic esters (lactones) is 1. The van der Waals surface area contributed by atoms with Crippen molar-refractivity contribution in [1.82, 2.24) is 15.5 Å². The number of amides is 3. The van der Waals surface area contributed by atoms with E-state index in [0.717, 1.165) is 5.57 Å². The summed E-state index contributed by atoms with van der Waals surface area (Å²) in [5.74, 6) is -2.83. The van der Waals surface area contributed by atoms with Gasteiger partial charge in [0.15, 0.2) is 6.04 Å². The highest BCUT2D eigenvalue weighted by Gasteiger charge is 2.35. The van der Waals surface area contributed by atoms with Crippen LogP contribution in [0.1, 0.15) is 59.9 Å². The van der Waals surface area contributed by atoms with Crippen LogP contribution in [-0.4, -0.2) is 76.2 Å². The van der Waals surface area contributed by atoms with Gasteiger partial charge in [0, 0.05) is 19.4 Å². The van der Waals surface area contributed by atoms with Crippen molar-refractivity contribution in [3.8, 4) is 5.75 Å². The molecular weight excluding hydrogens is 538 g/mol. The first kappa shape index (κ1) is 33.1. The summed E-state index contributed by atoms with van der Waals surface area (Å²) in [7, 11) is 1.42. The Morgan fingerprint density at radius 2 is 1.75 bits per heavy atom. The second kappa shape index (κ2) is 14.5. The summed E-state index contributed by atoms with van der Waals surface area (Å²) in [6.07, 6.45) is 1.20. The van der Waals surface area contributed by atoms with Crippen LogP contribution >= 0.6 is 11.6 Å². The van der Waals surface area contributed by atoms with Crippen LogP contribution in [0.25, 0.3) is 0 Å². The number of carbonyl (C=O) groups excluding carboxylic acids is 4. The third-order valence-corrected chi connectivity index (χ3v) is 7.29. The number of ether oxygens (including phenoxy) is 1. The maximum Gasteiger partial charge on any atom is 0.331 e. The number of phenols is 1. The number of aromatic hydroxyl groups is 1. The summed E-state index contributed by atoms with van der Waals surface area (Å²) in [6.45, 7) is 10.3. The molecule has 0 saturated heterocycles. The molecule has 0 radical (unpaired) electrons. The third-order valence-electron chi connectivity index (χ3n) is 6.99. The van der Waals surface area contributed by atoms with E-state index in [1.165, 1.54) is 37.9 Å². The van der Waals surface area contributed by atoms with Crippen LogP contribution in [0.2, 0.25) is 5.02 Å². The van der Waals surface area contributed by atoms with E-state index < -0.39 is 54.0 Å². The predicted octanol–water partition coefficient (Wildman–Crippen LogP) is 2.73. The number of esters is 1. The summed E-state index contributed by atoms with van der Waals surface area (Å²) in [5.41, 5.74) is 1.53. The molecule has 3 amide bonds. The first-order chi connectivity index (χ1) is 18.6. The fraction of sp³-hybridized carbons (Fsp3) is 0.586. The van der Waals surface area contributed by atoms with Crippen molar-refractivity contribution in [2.45, 2.75) is 91.1 Å². The van der Waals surface area contributed by atoms with Crippen molar-refractivity contribution in [3.63, 3.8) is 0 Å². The molecule has 40 heavy (non-hydrogen) atoms. The van der Waals surface area contributed by atoms with Crippen LogP contribution < -0.4 is 10.6 Å². The van der Waals surface area contributed by atoms with E-state index >= 15 is 0 Å². The zero-order valence-corrected chi connectivity index (χ0v) is 25.0. The second-order valence-corrected chi connectivity index (χ2v) is 11.4. The topological polar surface area (TPSA) is 145 Å². The zero-order chi connectivity index (χ0) is 30.3. The van der Waals surface area contributed by atoms with Crippen molar-refractivity contribution < 1.29 is 34.1 Å². The van der Waals surface area contributed by atoms with Gasteiger partial charge in [0.1, 0.15) is 17.8 Å². The Balaban J connectivity index is 2.48. The minimum Gasteiger partial charge on any atom is -0.506 e. The molecule has 2 rings (SSSR count). The Morgan fingerprint density at radius 3 is 2.35 bits per heavy atom. The number of aliphatic hydroxyl groups excluding tert-OH is 1. The number of nitrogens with zero attached hydrogens (tertiary/aromatic N) is 1. The van der Waals surface area contributed by atoms with Gasteiger partial charge in [-0.2, -0.15) is 0 Å². The first-order valence-electron chi connectivity index (χ1n) is 13.5. The average Bonchev–Trinajstić information content (AvgIpc) is 2.85. The largest absolute Gasteiger partial charge is 0.506 e. The lowest BCUT2D eigenvalue weighted by atomic mass is 9.95.